The van der Waals surface area contributed by atoms with Crippen LogP contribution in [0.2, 0.25) is 0 Å². The van der Waals surface area contributed by atoms with Crippen molar-refractivity contribution in [3.05, 3.63) is 59.9 Å². The summed E-state index contributed by atoms with van der Waals surface area (Å²) in [4.78, 5) is 29.5. The zero-order valence-corrected chi connectivity index (χ0v) is 18.1. The predicted octanol–water partition coefficient (Wildman–Crippen LogP) is 3.93. The van der Waals surface area contributed by atoms with Crippen molar-refractivity contribution in [2.45, 2.75) is 38.6 Å². The molecule has 8 nitrogen and oxygen atoms in total. The summed E-state index contributed by atoms with van der Waals surface area (Å²) < 4.78 is 5.16. The molecule has 1 fully saturated rings. The van der Waals surface area contributed by atoms with E-state index < -0.39 is 0 Å². The minimum Gasteiger partial charge on any atom is -0.497 e. The highest BCUT2D eigenvalue weighted by molar-refractivity contribution is 5.97. The number of hydrogen-bond acceptors (Lipinski definition) is 5. The Morgan fingerprint density at radius 1 is 1.09 bits per heavy atom. The van der Waals surface area contributed by atoms with Crippen molar-refractivity contribution in [3.8, 4) is 17.1 Å². The Bertz CT molecular complexity index is 1070. The average molecular weight is 434 g/mol. The van der Waals surface area contributed by atoms with Crippen molar-refractivity contribution in [2.75, 3.05) is 12.4 Å². The molecule has 0 radical (unpaired) electrons. The maximum Gasteiger partial charge on any atom is 0.251 e. The summed E-state index contributed by atoms with van der Waals surface area (Å²) in [5.41, 5.74) is 1.96. The van der Waals surface area contributed by atoms with E-state index >= 15 is 0 Å². The summed E-state index contributed by atoms with van der Waals surface area (Å²) in [5.74, 6) is 1.70. The number of aromatic nitrogens is 3. The molecule has 1 heterocycles. The molecular weight excluding hydrogens is 406 g/mol. The van der Waals surface area contributed by atoms with Crippen molar-refractivity contribution in [1.29, 1.82) is 0 Å². The van der Waals surface area contributed by atoms with Crippen LogP contribution in [0.3, 0.4) is 0 Å². The van der Waals surface area contributed by atoms with Gasteiger partial charge in [-0.05, 0) is 55.3 Å². The van der Waals surface area contributed by atoms with Crippen molar-refractivity contribution in [1.82, 2.24) is 20.5 Å². The Balaban J connectivity index is 1.33. The summed E-state index contributed by atoms with van der Waals surface area (Å²) in [7, 11) is 1.61. The van der Waals surface area contributed by atoms with Gasteiger partial charge in [-0.2, -0.15) is 5.10 Å². The number of carbonyl (C=O) groups excluding carboxylic acids is 2. The molecule has 1 aliphatic carbocycles. The summed E-state index contributed by atoms with van der Waals surface area (Å²) >= 11 is 0. The number of aromatic amines is 1. The third kappa shape index (κ3) is 5.32. The number of methoxy groups -OCH3 is 1. The van der Waals surface area contributed by atoms with Crippen LogP contribution in [-0.2, 0) is 11.3 Å². The molecule has 0 unspecified atom stereocenters. The van der Waals surface area contributed by atoms with Gasteiger partial charge in [0.1, 0.15) is 11.6 Å². The number of amides is 2. The molecular formula is C24H27N5O3. The second-order valence-electron chi connectivity index (χ2n) is 7.92. The van der Waals surface area contributed by atoms with E-state index in [1.54, 1.807) is 31.4 Å². The smallest absolute Gasteiger partial charge is 0.251 e. The van der Waals surface area contributed by atoms with Gasteiger partial charge in [0.25, 0.3) is 5.91 Å². The van der Waals surface area contributed by atoms with Crippen molar-refractivity contribution >= 4 is 17.5 Å². The maximum atomic E-state index is 12.6. The van der Waals surface area contributed by atoms with Crippen LogP contribution >= 0.6 is 0 Å². The highest BCUT2D eigenvalue weighted by Gasteiger charge is 2.21. The standard InChI is InChI=1S/C24H27N5O3/c1-32-20-12-10-16(11-13-20)22-27-21(28-29-22)15-25-23(30)18-8-5-9-19(14-18)26-24(31)17-6-3-2-4-7-17/h5,8-14,17H,2-4,6-7,15H2,1H3,(H,25,30)(H,26,31)(H,27,28,29). The number of nitrogens with one attached hydrogen (secondary N) is 3. The molecule has 0 spiro atoms. The number of carbonyl (C=O) groups is 2. The van der Waals surface area contributed by atoms with Gasteiger partial charge in [0.15, 0.2) is 5.82 Å². The van der Waals surface area contributed by atoms with Gasteiger partial charge >= 0.3 is 0 Å². The molecule has 0 aliphatic heterocycles. The molecule has 3 aromatic rings. The summed E-state index contributed by atoms with van der Waals surface area (Å²) in [6.45, 7) is 0.209. The molecule has 1 saturated carbocycles. The van der Waals surface area contributed by atoms with Gasteiger partial charge in [-0.3, -0.25) is 14.7 Å². The number of H-pyrrole nitrogens is 1. The van der Waals surface area contributed by atoms with Gasteiger partial charge in [-0.25, -0.2) is 4.98 Å². The van der Waals surface area contributed by atoms with Crippen molar-refractivity contribution < 1.29 is 14.3 Å². The van der Waals surface area contributed by atoms with E-state index in [-0.39, 0.29) is 24.3 Å². The Hall–Kier alpha value is -3.68. The Morgan fingerprint density at radius 2 is 1.88 bits per heavy atom. The topological polar surface area (TPSA) is 109 Å². The van der Waals surface area contributed by atoms with Crippen LogP contribution in [0.25, 0.3) is 11.4 Å². The van der Waals surface area contributed by atoms with Gasteiger partial charge in [0, 0.05) is 22.7 Å². The lowest BCUT2D eigenvalue weighted by atomic mass is 9.88. The normalized spacial score (nSPS) is 14.0. The molecule has 0 saturated heterocycles. The highest BCUT2D eigenvalue weighted by atomic mass is 16.5. The van der Waals surface area contributed by atoms with Crippen LogP contribution in [0, 0.1) is 5.92 Å². The van der Waals surface area contributed by atoms with E-state index in [1.807, 2.05) is 24.3 Å². The van der Waals surface area contributed by atoms with Gasteiger partial charge in [0.2, 0.25) is 5.91 Å². The average Bonchev–Trinajstić information content (AvgIpc) is 3.32. The van der Waals surface area contributed by atoms with E-state index in [4.69, 9.17) is 4.74 Å². The Labute approximate surface area is 186 Å². The first-order valence-electron chi connectivity index (χ1n) is 10.9. The number of anilines is 1. The predicted molar refractivity (Wildman–Crippen MR) is 121 cm³/mol. The molecule has 2 aromatic carbocycles. The molecule has 4 rings (SSSR count). The maximum absolute atomic E-state index is 12.6. The summed E-state index contributed by atoms with van der Waals surface area (Å²) in [6.07, 6.45) is 5.26. The minimum atomic E-state index is -0.249. The van der Waals surface area contributed by atoms with E-state index in [9.17, 15) is 9.59 Å². The highest BCUT2D eigenvalue weighted by Crippen LogP contribution is 2.25. The molecule has 32 heavy (non-hydrogen) atoms. The number of hydrogen-bond donors (Lipinski definition) is 3. The van der Waals surface area contributed by atoms with E-state index in [0.29, 0.717) is 22.9 Å². The van der Waals surface area contributed by atoms with Gasteiger partial charge in [-0.1, -0.05) is 25.3 Å². The number of nitrogens with zero attached hydrogens (tertiary/aromatic N) is 2. The summed E-state index contributed by atoms with van der Waals surface area (Å²) in [5, 5.41) is 12.8. The molecule has 8 heteroatoms. The van der Waals surface area contributed by atoms with Crippen LogP contribution in [0.4, 0.5) is 5.69 Å². The van der Waals surface area contributed by atoms with E-state index in [0.717, 1.165) is 37.0 Å². The van der Waals surface area contributed by atoms with Crippen LogP contribution < -0.4 is 15.4 Å². The van der Waals surface area contributed by atoms with Crippen LogP contribution in [0.15, 0.2) is 48.5 Å². The third-order valence-electron chi connectivity index (χ3n) is 5.66. The van der Waals surface area contributed by atoms with Gasteiger partial charge in [0.05, 0.1) is 13.7 Å². The first-order chi connectivity index (χ1) is 15.6. The fraction of sp³-hybridized carbons (Fsp3) is 0.333. The lowest BCUT2D eigenvalue weighted by Crippen LogP contribution is -2.25. The number of benzene rings is 2. The number of rotatable bonds is 7. The fourth-order valence-corrected chi connectivity index (χ4v) is 3.86. The SMILES string of the molecule is COc1ccc(-c2n[nH]c(CNC(=O)c3cccc(NC(=O)C4CCCCC4)c3)n2)cc1. The lowest BCUT2D eigenvalue weighted by Gasteiger charge is -2.20. The van der Waals surface area contributed by atoms with Crippen LogP contribution in [-0.4, -0.2) is 34.1 Å². The largest absolute Gasteiger partial charge is 0.497 e. The van der Waals surface area contributed by atoms with Crippen molar-refractivity contribution in [3.63, 3.8) is 0 Å². The first kappa shape index (κ1) is 21.5. The van der Waals surface area contributed by atoms with Gasteiger partial charge in [-0.15, -0.1) is 0 Å². The molecule has 0 atom stereocenters. The quantitative estimate of drug-likeness (QED) is 0.523. The molecule has 2 amide bonds. The summed E-state index contributed by atoms with van der Waals surface area (Å²) in [6, 6.07) is 14.4. The zero-order chi connectivity index (χ0) is 22.3. The second kappa shape index (κ2) is 10.1. The first-order valence-corrected chi connectivity index (χ1v) is 10.9. The zero-order valence-electron chi connectivity index (χ0n) is 18.1. The van der Waals surface area contributed by atoms with E-state index in [1.165, 1.54) is 6.42 Å². The minimum absolute atomic E-state index is 0.0370. The molecule has 1 aliphatic rings. The van der Waals surface area contributed by atoms with Crippen LogP contribution in [0.5, 0.6) is 5.75 Å². The monoisotopic (exact) mass is 433 g/mol. The van der Waals surface area contributed by atoms with Crippen LogP contribution in [0.1, 0.15) is 48.3 Å². The third-order valence-corrected chi connectivity index (χ3v) is 5.66. The Kier molecular flexibility index (Phi) is 6.79. The van der Waals surface area contributed by atoms with Crippen molar-refractivity contribution in [2.24, 2.45) is 5.92 Å². The lowest BCUT2D eigenvalue weighted by molar-refractivity contribution is -0.120. The second-order valence-corrected chi connectivity index (χ2v) is 7.92. The van der Waals surface area contributed by atoms with Gasteiger partial charge < -0.3 is 15.4 Å². The Morgan fingerprint density at radius 3 is 2.62 bits per heavy atom. The van der Waals surface area contributed by atoms with E-state index in [2.05, 4.69) is 25.8 Å². The molecule has 0 bridgehead atoms. The molecule has 3 N–H and O–H groups in total. The molecule has 166 valence electrons. The molecule has 1 aromatic heterocycles. The fourth-order valence-electron chi connectivity index (χ4n) is 3.86. The number of ether oxygens (including phenoxy) is 1.